The highest BCUT2D eigenvalue weighted by atomic mass is 16.5. The molecule has 0 aliphatic carbocycles. The normalized spacial score (nSPS) is 11.1. The lowest BCUT2D eigenvalue weighted by atomic mass is 10.1. The monoisotopic (exact) mass is 374 g/mol. The maximum atomic E-state index is 11.3. The molecule has 3 rings (SSSR count). The molecular formula is C24H22O4. The van der Waals surface area contributed by atoms with Crippen molar-refractivity contribution in [1.82, 2.24) is 0 Å². The van der Waals surface area contributed by atoms with E-state index < -0.39 is 5.97 Å². The second kappa shape index (κ2) is 9.42. The fourth-order valence-corrected chi connectivity index (χ4v) is 2.72. The van der Waals surface area contributed by atoms with Gasteiger partial charge in [-0.25, -0.2) is 4.79 Å². The molecule has 0 aromatic heterocycles. The molecule has 0 amide bonds. The number of hydrogen-bond acceptors (Lipinski definition) is 3. The fraction of sp³-hybridized carbons (Fsp3) is 0.125. The molecule has 0 saturated heterocycles. The summed E-state index contributed by atoms with van der Waals surface area (Å²) in [6.07, 6.45) is 2.11. The number of benzene rings is 3. The standard InChI is InChI=1S/C24H22O4/c1-2-19(24(25)26)16-20-10-6-7-14-23(20)27-17-18-9-8-13-22(15-18)28-21-11-4-3-5-12-21/h3-16H,2,17H2,1H3,(H,25,26). The van der Waals surface area contributed by atoms with Crippen LogP contribution in [0.3, 0.4) is 0 Å². The van der Waals surface area contributed by atoms with Gasteiger partial charge in [-0.3, -0.25) is 0 Å². The average Bonchev–Trinajstić information content (AvgIpc) is 2.72. The SMILES string of the molecule is CCC(=Cc1ccccc1OCc1cccc(Oc2ccccc2)c1)C(=O)O. The molecule has 1 N–H and O–H groups in total. The molecular weight excluding hydrogens is 352 g/mol. The number of carboxylic acid groups (broad SMARTS) is 1. The van der Waals surface area contributed by atoms with Gasteiger partial charge in [0.25, 0.3) is 0 Å². The lowest BCUT2D eigenvalue weighted by Crippen LogP contribution is -2.00. The smallest absolute Gasteiger partial charge is 0.331 e. The largest absolute Gasteiger partial charge is 0.488 e. The van der Waals surface area contributed by atoms with Crippen molar-refractivity contribution in [2.75, 3.05) is 0 Å². The van der Waals surface area contributed by atoms with Gasteiger partial charge in [-0.2, -0.15) is 0 Å². The molecule has 3 aromatic carbocycles. The molecule has 0 unspecified atom stereocenters. The second-order valence-corrected chi connectivity index (χ2v) is 6.22. The zero-order valence-electron chi connectivity index (χ0n) is 15.7. The van der Waals surface area contributed by atoms with E-state index >= 15 is 0 Å². The van der Waals surface area contributed by atoms with Crippen molar-refractivity contribution in [3.8, 4) is 17.2 Å². The van der Waals surface area contributed by atoms with E-state index in [1.807, 2.05) is 85.8 Å². The van der Waals surface area contributed by atoms with Gasteiger partial charge in [-0.05, 0) is 48.4 Å². The Morgan fingerprint density at radius 2 is 1.64 bits per heavy atom. The molecule has 0 spiro atoms. The Morgan fingerprint density at radius 3 is 2.39 bits per heavy atom. The first-order valence-corrected chi connectivity index (χ1v) is 9.13. The van der Waals surface area contributed by atoms with Gasteiger partial charge in [-0.15, -0.1) is 0 Å². The van der Waals surface area contributed by atoms with Crippen LogP contribution in [0.2, 0.25) is 0 Å². The molecule has 0 saturated carbocycles. The van der Waals surface area contributed by atoms with Crippen LogP contribution >= 0.6 is 0 Å². The summed E-state index contributed by atoms with van der Waals surface area (Å²) < 4.78 is 11.8. The Hall–Kier alpha value is -3.53. The first kappa shape index (κ1) is 19.2. The lowest BCUT2D eigenvalue weighted by molar-refractivity contribution is -0.132. The Labute approximate surface area is 164 Å². The van der Waals surface area contributed by atoms with Gasteiger partial charge < -0.3 is 14.6 Å². The van der Waals surface area contributed by atoms with Crippen molar-refractivity contribution in [3.05, 3.63) is 95.6 Å². The van der Waals surface area contributed by atoms with Gasteiger partial charge in [0, 0.05) is 11.1 Å². The highest BCUT2D eigenvalue weighted by molar-refractivity contribution is 5.92. The van der Waals surface area contributed by atoms with E-state index in [-0.39, 0.29) is 0 Å². The number of carbonyl (C=O) groups is 1. The maximum absolute atomic E-state index is 11.3. The Bertz CT molecular complexity index is 961. The van der Waals surface area contributed by atoms with Gasteiger partial charge in [0.05, 0.1) is 0 Å². The molecule has 0 aliphatic heterocycles. The van der Waals surface area contributed by atoms with Crippen molar-refractivity contribution in [2.45, 2.75) is 20.0 Å². The van der Waals surface area contributed by atoms with E-state index in [2.05, 4.69) is 0 Å². The topological polar surface area (TPSA) is 55.8 Å². The zero-order chi connectivity index (χ0) is 19.8. The summed E-state index contributed by atoms with van der Waals surface area (Å²) in [6.45, 7) is 2.17. The zero-order valence-corrected chi connectivity index (χ0v) is 15.7. The molecule has 0 atom stereocenters. The number of ether oxygens (including phenoxy) is 2. The van der Waals surface area contributed by atoms with E-state index in [0.717, 1.165) is 22.6 Å². The van der Waals surface area contributed by atoms with Crippen LogP contribution in [0.15, 0.2) is 84.4 Å². The van der Waals surface area contributed by atoms with Gasteiger partial charge in [-0.1, -0.05) is 55.5 Å². The van der Waals surface area contributed by atoms with Crippen LogP contribution in [-0.2, 0) is 11.4 Å². The average molecular weight is 374 g/mol. The number of para-hydroxylation sites is 2. The van der Waals surface area contributed by atoms with E-state index in [0.29, 0.717) is 24.4 Å². The van der Waals surface area contributed by atoms with Crippen LogP contribution in [0.4, 0.5) is 0 Å². The molecule has 0 heterocycles. The molecule has 4 nitrogen and oxygen atoms in total. The minimum atomic E-state index is -0.914. The third-order valence-electron chi connectivity index (χ3n) is 4.18. The van der Waals surface area contributed by atoms with Crippen LogP contribution < -0.4 is 9.47 Å². The van der Waals surface area contributed by atoms with Crippen LogP contribution in [0.1, 0.15) is 24.5 Å². The van der Waals surface area contributed by atoms with Crippen LogP contribution in [0.5, 0.6) is 17.2 Å². The summed E-state index contributed by atoms with van der Waals surface area (Å²) in [5, 5.41) is 9.26. The van der Waals surface area contributed by atoms with Crippen molar-refractivity contribution >= 4 is 12.0 Å². The van der Waals surface area contributed by atoms with E-state index in [1.54, 1.807) is 6.08 Å². The van der Waals surface area contributed by atoms with E-state index in [1.165, 1.54) is 0 Å². The van der Waals surface area contributed by atoms with E-state index in [4.69, 9.17) is 9.47 Å². The van der Waals surface area contributed by atoms with Crippen LogP contribution in [0.25, 0.3) is 6.08 Å². The summed E-state index contributed by atoms with van der Waals surface area (Å²) in [4.78, 5) is 11.3. The van der Waals surface area contributed by atoms with Crippen molar-refractivity contribution < 1.29 is 19.4 Å². The van der Waals surface area contributed by atoms with Gasteiger partial charge in [0.1, 0.15) is 23.9 Å². The Balaban J connectivity index is 1.73. The molecule has 0 fully saturated rings. The highest BCUT2D eigenvalue weighted by Crippen LogP contribution is 2.25. The molecule has 3 aromatic rings. The number of carboxylic acids is 1. The van der Waals surface area contributed by atoms with E-state index in [9.17, 15) is 9.90 Å². The quantitative estimate of drug-likeness (QED) is 0.496. The first-order valence-electron chi connectivity index (χ1n) is 9.13. The summed E-state index contributed by atoms with van der Waals surface area (Å²) >= 11 is 0. The van der Waals surface area contributed by atoms with Gasteiger partial charge in [0.2, 0.25) is 0 Å². The molecule has 4 heteroatoms. The van der Waals surface area contributed by atoms with Crippen molar-refractivity contribution in [1.29, 1.82) is 0 Å². The third kappa shape index (κ3) is 5.24. The third-order valence-corrected chi connectivity index (χ3v) is 4.18. The number of rotatable bonds is 8. The minimum absolute atomic E-state index is 0.342. The molecule has 142 valence electrons. The Morgan fingerprint density at radius 1 is 0.929 bits per heavy atom. The molecule has 0 bridgehead atoms. The predicted octanol–water partition coefficient (Wildman–Crippen LogP) is 5.94. The fourth-order valence-electron chi connectivity index (χ4n) is 2.72. The number of aliphatic carboxylic acids is 1. The summed E-state index contributed by atoms with van der Waals surface area (Å²) in [6, 6.07) is 24.7. The molecule has 0 radical (unpaired) electrons. The van der Waals surface area contributed by atoms with Gasteiger partial charge in [0.15, 0.2) is 0 Å². The molecule has 28 heavy (non-hydrogen) atoms. The van der Waals surface area contributed by atoms with Crippen LogP contribution in [0, 0.1) is 0 Å². The Kier molecular flexibility index (Phi) is 6.47. The second-order valence-electron chi connectivity index (χ2n) is 6.22. The minimum Gasteiger partial charge on any atom is -0.488 e. The van der Waals surface area contributed by atoms with Crippen molar-refractivity contribution in [3.63, 3.8) is 0 Å². The predicted molar refractivity (Wildman–Crippen MR) is 110 cm³/mol. The first-order chi connectivity index (χ1) is 13.7. The lowest BCUT2D eigenvalue weighted by Gasteiger charge is -2.11. The maximum Gasteiger partial charge on any atom is 0.331 e. The molecule has 0 aliphatic rings. The highest BCUT2D eigenvalue weighted by Gasteiger charge is 2.08. The summed E-state index contributed by atoms with van der Waals surface area (Å²) in [5.41, 5.74) is 2.05. The summed E-state index contributed by atoms with van der Waals surface area (Å²) in [5.74, 6) is 1.24. The van der Waals surface area contributed by atoms with Gasteiger partial charge >= 0.3 is 5.97 Å². The number of hydrogen-bond donors (Lipinski definition) is 1. The van der Waals surface area contributed by atoms with Crippen LogP contribution in [-0.4, -0.2) is 11.1 Å². The van der Waals surface area contributed by atoms with Crippen molar-refractivity contribution in [2.24, 2.45) is 0 Å². The summed E-state index contributed by atoms with van der Waals surface area (Å²) in [7, 11) is 0.